The molecule has 0 aromatic heterocycles. The summed E-state index contributed by atoms with van der Waals surface area (Å²) in [6.45, 7) is 0. The van der Waals surface area contributed by atoms with Gasteiger partial charge < -0.3 is 0 Å². The van der Waals surface area contributed by atoms with Gasteiger partial charge in [-0.25, -0.2) is 0 Å². The van der Waals surface area contributed by atoms with E-state index in [0.717, 1.165) is 0 Å². The lowest BCUT2D eigenvalue weighted by molar-refractivity contribution is -0.0328. The molecule has 0 heterocycles. The van der Waals surface area contributed by atoms with E-state index < -0.39 is 5.51 Å². The highest BCUT2D eigenvalue weighted by Gasteiger charge is 2.31. The molecule has 0 fully saturated rings. The SMILES string of the molecule is O=C(CCBr)c1cc(Br)ccc1SC(F)(F)F. The van der Waals surface area contributed by atoms with E-state index in [9.17, 15) is 18.0 Å². The quantitative estimate of drug-likeness (QED) is 0.406. The van der Waals surface area contributed by atoms with Crippen molar-refractivity contribution in [3.05, 3.63) is 28.2 Å². The van der Waals surface area contributed by atoms with Crippen molar-refractivity contribution in [1.29, 1.82) is 0 Å². The Morgan fingerprint density at radius 1 is 1.35 bits per heavy atom. The molecule has 0 aliphatic rings. The Morgan fingerprint density at radius 3 is 2.53 bits per heavy atom. The summed E-state index contributed by atoms with van der Waals surface area (Å²) in [5.41, 5.74) is -4.29. The van der Waals surface area contributed by atoms with E-state index in [1.807, 2.05) is 0 Å². The number of halogens is 5. The van der Waals surface area contributed by atoms with Gasteiger partial charge in [-0.15, -0.1) is 0 Å². The lowest BCUT2D eigenvalue weighted by Gasteiger charge is -2.10. The van der Waals surface area contributed by atoms with Crippen molar-refractivity contribution in [2.45, 2.75) is 16.8 Å². The fourth-order valence-corrected chi connectivity index (χ4v) is 2.54. The van der Waals surface area contributed by atoms with Crippen LogP contribution in [-0.4, -0.2) is 16.6 Å². The smallest absolute Gasteiger partial charge is 0.294 e. The standard InChI is InChI=1S/C10H7Br2F3OS/c11-4-3-8(16)7-5-6(12)1-2-9(7)17-10(13,14)15/h1-2,5H,3-4H2. The van der Waals surface area contributed by atoms with Crippen LogP contribution in [0.5, 0.6) is 0 Å². The summed E-state index contributed by atoms with van der Waals surface area (Å²) in [7, 11) is 0. The molecule has 0 atom stereocenters. The zero-order valence-electron chi connectivity index (χ0n) is 8.35. The number of carbonyl (C=O) groups excluding carboxylic acids is 1. The van der Waals surface area contributed by atoms with E-state index in [2.05, 4.69) is 31.9 Å². The van der Waals surface area contributed by atoms with Gasteiger partial charge in [-0.2, -0.15) is 13.2 Å². The average Bonchev–Trinajstić information content (AvgIpc) is 2.19. The number of hydrogen-bond acceptors (Lipinski definition) is 2. The molecule has 7 heteroatoms. The summed E-state index contributed by atoms with van der Waals surface area (Å²) in [5, 5.41) is 0.425. The maximum Gasteiger partial charge on any atom is 0.446 e. The number of hydrogen-bond donors (Lipinski definition) is 0. The van der Waals surface area contributed by atoms with E-state index in [-0.39, 0.29) is 34.4 Å². The van der Waals surface area contributed by atoms with E-state index in [4.69, 9.17) is 0 Å². The predicted molar refractivity (Wildman–Crippen MR) is 68.8 cm³/mol. The average molecular weight is 392 g/mol. The van der Waals surface area contributed by atoms with Gasteiger partial charge in [0.25, 0.3) is 0 Å². The van der Waals surface area contributed by atoms with Crippen LogP contribution in [0.4, 0.5) is 13.2 Å². The van der Waals surface area contributed by atoms with Crippen molar-refractivity contribution in [2.75, 3.05) is 5.33 Å². The van der Waals surface area contributed by atoms with Crippen LogP contribution in [0.2, 0.25) is 0 Å². The molecule has 1 aromatic carbocycles. The van der Waals surface area contributed by atoms with Crippen LogP contribution in [0.15, 0.2) is 27.6 Å². The second-order valence-electron chi connectivity index (χ2n) is 3.05. The van der Waals surface area contributed by atoms with Crippen LogP contribution in [-0.2, 0) is 0 Å². The lowest BCUT2D eigenvalue weighted by atomic mass is 10.1. The van der Waals surface area contributed by atoms with Crippen molar-refractivity contribution >= 4 is 49.4 Å². The van der Waals surface area contributed by atoms with Gasteiger partial charge in [0, 0.05) is 26.7 Å². The van der Waals surface area contributed by atoms with Crippen molar-refractivity contribution in [3.63, 3.8) is 0 Å². The first-order valence-corrected chi connectivity index (χ1v) is 7.21. The Balaban J connectivity index is 3.08. The highest BCUT2D eigenvalue weighted by molar-refractivity contribution is 9.10. The number of ketones is 1. The molecule has 1 rings (SSSR count). The Kier molecular flexibility index (Phi) is 5.53. The fraction of sp³-hybridized carbons (Fsp3) is 0.300. The van der Waals surface area contributed by atoms with Crippen molar-refractivity contribution < 1.29 is 18.0 Å². The summed E-state index contributed by atoms with van der Waals surface area (Å²) in [6.07, 6.45) is 0.169. The van der Waals surface area contributed by atoms with E-state index in [1.54, 1.807) is 0 Å². The number of thioether (sulfide) groups is 1. The topological polar surface area (TPSA) is 17.1 Å². The second kappa shape index (κ2) is 6.24. The number of rotatable bonds is 4. The van der Waals surface area contributed by atoms with E-state index in [0.29, 0.717) is 9.80 Å². The van der Waals surface area contributed by atoms with Crippen LogP contribution in [0, 0.1) is 0 Å². The Morgan fingerprint density at radius 2 is 2.00 bits per heavy atom. The first-order valence-electron chi connectivity index (χ1n) is 4.48. The minimum absolute atomic E-state index is 0.0633. The lowest BCUT2D eigenvalue weighted by Crippen LogP contribution is -2.06. The van der Waals surface area contributed by atoms with Gasteiger partial charge in [0.1, 0.15) is 0 Å². The van der Waals surface area contributed by atoms with Gasteiger partial charge in [-0.1, -0.05) is 31.9 Å². The molecule has 0 spiro atoms. The molecule has 1 aromatic rings. The minimum Gasteiger partial charge on any atom is -0.294 e. The maximum atomic E-state index is 12.3. The molecular weight excluding hydrogens is 385 g/mol. The summed E-state index contributed by atoms with van der Waals surface area (Å²) < 4.78 is 37.5. The first kappa shape index (κ1) is 15.0. The summed E-state index contributed by atoms with van der Waals surface area (Å²) >= 11 is 5.96. The molecule has 0 aliphatic carbocycles. The Hall–Kier alpha value is -0.0100. The number of benzene rings is 1. The molecule has 0 saturated carbocycles. The van der Waals surface area contributed by atoms with E-state index in [1.165, 1.54) is 18.2 Å². The molecule has 0 amide bonds. The molecule has 0 bridgehead atoms. The molecule has 1 nitrogen and oxygen atoms in total. The highest BCUT2D eigenvalue weighted by Crippen LogP contribution is 2.39. The van der Waals surface area contributed by atoms with Gasteiger partial charge in [0.15, 0.2) is 5.78 Å². The number of Topliss-reactive ketones (excluding diaryl/α,β-unsaturated/α-hetero) is 1. The van der Waals surface area contributed by atoms with Crippen molar-refractivity contribution in [2.24, 2.45) is 0 Å². The second-order valence-corrected chi connectivity index (χ2v) is 5.87. The van der Waals surface area contributed by atoms with Crippen LogP contribution < -0.4 is 0 Å². The third kappa shape index (κ3) is 5.01. The zero-order valence-corrected chi connectivity index (χ0v) is 12.3. The maximum absolute atomic E-state index is 12.3. The molecule has 0 saturated heterocycles. The molecule has 94 valence electrons. The molecular formula is C10H7Br2F3OS. The van der Waals surface area contributed by atoms with Crippen LogP contribution in [0.25, 0.3) is 0 Å². The van der Waals surface area contributed by atoms with Crippen molar-refractivity contribution in [1.82, 2.24) is 0 Å². The van der Waals surface area contributed by atoms with Crippen LogP contribution in [0.3, 0.4) is 0 Å². The third-order valence-corrected chi connectivity index (χ3v) is 3.49. The number of alkyl halides is 4. The van der Waals surface area contributed by atoms with Crippen LogP contribution >= 0.6 is 43.6 Å². The third-order valence-electron chi connectivity index (χ3n) is 1.79. The Bertz CT molecular complexity index is 421. The highest BCUT2D eigenvalue weighted by atomic mass is 79.9. The molecule has 0 radical (unpaired) electrons. The molecule has 0 N–H and O–H groups in total. The van der Waals surface area contributed by atoms with Gasteiger partial charge >= 0.3 is 5.51 Å². The zero-order chi connectivity index (χ0) is 13.1. The van der Waals surface area contributed by atoms with Gasteiger partial charge in [0.05, 0.1) is 0 Å². The largest absolute Gasteiger partial charge is 0.446 e. The van der Waals surface area contributed by atoms with E-state index >= 15 is 0 Å². The van der Waals surface area contributed by atoms with Gasteiger partial charge in [-0.05, 0) is 30.0 Å². The van der Waals surface area contributed by atoms with Crippen molar-refractivity contribution in [3.8, 4) is 0 Å². The van der Waals surface area contributed by atoms with Gasteiger partial charge in [0.2, 0.25) is 0 Å². The summed E-state index contributed by atoms with van der Waals surface area (Å²) in [6, 6.07) is 4.20. The predicted octanol–water partition coefficient (Wildman–Crippen LogP) is 5.03. The fourth-order valence-electron chi connectivity index (χ4n) is 1.15. The normalized spacial score (nSPS) is 11.6. The summed E-state index contributed by atoms with van der Waals surface area (Å²) in [5.74, 6) is -0.310. The van der Waals surface area contributed by atoms with Gasteiger partial charge in [-0.3, -0.25) is 4.79 Å². The van der Waals surface area contributed by atoms with Crippen LogP contribution in [0.1, 0.15) is 16.8 Å². The monoisotopic (exact) mass is 390 g/mol. The molecule has 17 heavy (non-hydrogen) atoms. The first-order chi connectivity index (χ1) is 7.83. The molecule has 0 unspecified atom stereocenters. The Labute approximate surface area is 117 Å². The summed E-state index contributed by atoms with van der Waals surface area (Å²) in [4.78, 5) is 11.6. The molecule has 0 aliphatic heterocycles. The number of carbonyl (C=O) groups is 1. The minimum atomic E-state index is -4.39.